The van der Waals surface area contributed by atoms with E-state index in [-0.39, 0.29) is 29.2 Å². The van der Waals surface area contributed by atoms with Gasteiger partial charge < -0.3 is 4.90 Å². The van der Waals surface area contributed by atoms with Crippen molar-refractivity contribution in [3.63, 3.8) is 0 Å². The summed E-state index contributed by atoms with van der Waals surface area (Å²) in [5, 5.41) is 8.71. The van der Waals surface area contributed by atoms with Gasteiger partial charge in [-0.25, -0.2) is 12.8 Å². The van der Waals surface area contributed by atoms with E-state index in [0.29, 0.717) is 10.9 Å². The van der Waals surface area contributed by atoms with E-state index in [0.717, 1.165) is 0 Å². The molecule has 0 saturated carbocycles. The molecule has 2 aliphatic heterocycles. The highest BCUT2D eigenvalue weighted by Crippen LogP contribution is 2.40. The first-order valence-corrected chi connectivity index (χ1v) is 9.50. The van der Waals surface area contributed by atoms with Crippen molar-refractivity contribution in [2.75, 3.05) is 16.4 Å². The van der Waals surface area contributed by atoms with Gasteiger partial charge in [0.1, 0.15) is 12.2 Å². The second-order valence-corrected chi connectivity index (χ2v) is 8.63. The Morgan fingerprint density at radius 1 is 1.39 bits per heavy atom. The molecule has 1 aromatic carbocycles. The van der Waals surface area contributed by atoms with Crippen molar-refractivity contribution in [1.82, 2.24) is 0 Å². The lowest BCUT2D eigenvalue weighted by Gasteiger charge is -2.24. The Kier molecular flexibility index (Phi) is 4.12. The standard InChI is InChI=1S/C14H12FN3O3S2/c15-9-1-3-10(4-2-9)18-11-7-23(20,21)8-12(11)22-14(18)17-13(19)5-6-16/h1-4,11-12H,5,7-8H2/t11-,12+/m0/s1. The summed E-state index contributed by atoms with van der Waals surface area (Å²) in [5.74, 6) is -1.00. The number of halogens is 1. The number of sulfone groups is 1. The minimum absolute atomic E-state index is 0.0193. The van der Waals surface area contributed by atoms with Crippen LogP contribution in [0.4, 0.5) is 10.1 Å². The van der Waals surface area contributed by atoms with Gasteiger partial charge in [-0.05, 0) is 24.3 Å². The number of rotatable bonds is 2. The third-order valence-corrected chi connectivity index (χ3v) is 6.83. The summed E-state index contributed by atoms with van der Waals surface area (Å²) in [5.41, 5.74) is 0.576. The summed E-state index contributed by atoms with van der Waals surface area (Å²) in [6, 6.07) is 6.98. The molecule has 0 bridgehead atoms. The van der Waals surface area contributed by atoms with Crippen molar-refractivity contribution in [3.05, 3.63) is 30.1 Å². The number of nitrogens with zero attached hydrogens (tertiary/aromatic N) is 3. The highest BCUT2D eigenvalue weighted by molar-refractivity contribution is 8.16. The Bertz CT molecular complexity index is 815. The van der Waals surface area contributed by atoms with Crippen LogP contribution in [0.25, 0.3) is 0 Å². The molecule has 2 atom stereocenters. The molecule has 1 aromatic rings. The first-order valence-electron chi connectivity index (χ1n) is 6.80. The fraction of sp³-hybridized carbons (Fsp3) is 0.357. The lowest BCUT2D eigenvalue weighted by Crippen LogP contribution is -2.37. The molecular formula is C14H12FN3O3S2. The SMILES string of the molecule is N#CCC(=O)N=C1S[C@@H]2CS(=O)(=O)C[C@@H]2N1c1ccc(F)cc1. The minimum Gasteiger partial charge on any atom is -0.316 e. The zero-order valence-corrected chi connectivity index (χ0v) is 13.5. The maximum atomic E-state index is 13.1. The Labute approximate surface area is 136 Å². The number of benzene rings is 1. The van der Waals surface area contributed by atoms with Crippen LogP contribution < -0.4 is 4.90 Å². The minimum atomic E-state index is -3.15. The number of nitriles is 1. The van der Waals surface area contributed by atoms with Crippen LogP contribution in [0.1, 0.15) is 6.42 Å². The Morgan fingerprint density at radius 3 is 2.74 bits per heavy atom. The first kappa shape index (κ1) is 16.0. The first-order chi connectivity index (χ1) is 10.9. The van der Waals surface area contributed by atoms with Crippen molar-refractivity contribution in [3.8, 4) is 6.07 Å². The second kappa shape index (κ2) is 5.94. The number of fused-ring (bicyclic) bond motifs is 1. The number of thioether (sulfide) groups is 1. The molecule has 0 radical (unpaired) electrons. The lowest BCUT2D eigenvalue weighted by atomic mass is 10.2. The number of amidine groups is 1. The normalized spacial score (nSPS) is 27.0. The molecular weight excluding hydrogens is 341 g/mol. The van der Waals surface area contributed by atoms with Crippen molar-refractivity contribution in [1.29, 1.82) is 5.26 Å². The van der Waals surface area contributed by atoms with Crippen molar-refractivity contribution >= 4 is 38.4 Å². The topological polar surface area (TPSA) is 90.6 Å². The lowest BCUT2D eigenvalue weighted by molar-refractivity contribution is -0.116. The molecule has 2 saturated heterocycles. The molecule has 0 unspecified atom stereocenters. The van der Waals surface area contributed by atoms with Gasteiger partial charge in [0.25, 0.3) is 5.91 Å². The van der Waals surface area contributed by atoms with Crippen molar-refractivity contribution in [2.24, 2.45) is 4.99 Å². The Hall–Kier alpha value is -1.92. The molecule has 6 nitrogen and oxygen atoms in total. The summed E-state index contributed by atoms with van der Waals surface area (Å²) in [6.07, 6.45) is -0.338. The van der Waals surface area contributed by atoms with Crippen LogP contribution in [0.5, 0.6) is 0 Å². The number of hydrogen-bond acceptors (Lipinski definition) is 5. The average molecular weight is 353 g/mol. The smallest absolute Gasteiger partial charge is 0.262 e. The van der Waals surface area contributed by atoms with E-state index in [9.17, 15) is 17.6 Å². The molecule has 23 heavy (non-hydrogen) atoms. The number of carbonyl (C=O) groups excluding carboxylic acids is 1. The Balaban J connectivity index is 1.99. The van der Waals surface area contributed by atoms with E-state index >= 15 is 0 Å². The van der Waals surface area contributed by atoms with Gasteiger partial charge in [-0.15, -0.1) is 0 Å². The maximum absolute atomic E-state index is 13.1. The van der Waals surface area contributed by atoms with E-state index in [1.807, 2.05) is 0 Å². The maximum Gasteiger partial charge on any atom is 0.262 e. The number of hydrogen-bond donors (Lipinski definition) is 0. The summed E-state index contributed by atoms with van der Waals surface area (Å²) in [6.45, 7) is 0. The molecule has 0 aromatic heterocycles. The van der Waals surface area contributed by atoms with Gasteiger partial charge in [-0.2, -0.15) is 10.3 Å². The number of amides is 1. The van der Waals surface area contributed by atoms with E-state index in [2.05, 4.69) is 4.99 Å². The van der Waals surface area contributed by atoms with E-state index in [4.69, 9.17) is 5.26 Å². The van der Waals surface area contributed by atoms with Gasteiger partial charge in [-0.1, -0.05) is 11.8 Å². The van der Waals surface area contributed by atoms with Gasteiger partial charge in [0, 0.05) is 10.9 Å². The van der Waals surface area contributed by atoms with Crippen molar-refractivity contribution < 1.29 is 17.6 Å². The monoisotopic (exact) mass is 353 g/mol. The van der Waals surface area contributed by atoms with E-state index in [1.165, 1.54) is 36.0 Å². The predicted molar refractivity (Wildman–Crippen MR) is 85.4 cm³/mol. The highest BCUT2D eigenvalue weighted by atomic mass is 32.2. The molecule has 3 rings (SSSR count). The quantitative estimate of drug-likeness (QED) is 0.797. The molecule has 0 spiro atoms. The van der Waals surface area contributed by atoms with Gasteiger partial charge in [-0.3, -0.25) is 4.79 Å². The molecule has 2 aliphatic rings. The van der Waals surface area contributed by atoms with Crippen LogP contribution >= 0.6 is 11.8 Å². The average Bonchev–Trinajstić information content (AvgIpc) is 2.91. The number of aliphatic imine (C=N–C) groups is 1. The van der Waals surface area contributed by atoms with Gasteiger partial charge >= 0.3 is 0 Å². The van der Waals surface area contributed by atoms with Crippen LogP contribution in [0.2, 0.25) is 0 Å². The zero-order valence-electron chi connectivity index (χ0n) is 11.8. The fourth-order valence-electron chi connectivity index (χ4n) is 2.68. The zero-order chi connectivity index (χ0) is 16.6. The Morgan fingerprint density at radius 2 is 2.09 bits per heavy atom. The molecule has 2 fully saturated rings. The fourth-order valence-corrected chi connectivity index (χ4v) is 6.61. The molecule has 1 amide bonds. The molecule has 9 heteroatoms. The van der Waals surface area contributed by atoms with E-state index < -0.39 is 21.6 Å². The molecule has 2 heterocycles. The largest absolute Gasteiger partial charge is 0.316 e. The summed E-state index contributed by atoms with van der Waals surface area (Å²) < 4.78 is 36.8. The third-order valence-electron chi connectivity index (χ3n) is 3.62. The summed E-state index contributed by atoms with van der Waals surface area (Å²) in [4.78, 5) is 17.2. The predicted octanol–water partition coefficient (Wildman–Crippen LogP) is 1.34. The number of anilines is 1. The van der Waals surface area contributed by atoms with Crippen LogP contribution in [0.15, 0.2) is 29.3 Å². The molecule has 0 N–H and O–H groups in total. The van der Waals surface area contributed by atoms with Gasteiger partial charge in [0.2, 0.25) is 0 Å². The highest BCUT2D eigenvalue weighted by Gasteiger charge is 2.49. The van der Waals surface area contributed by atoms with Crippen LogP contribution in [0, 0.1) is 17.1 Å². The van der Waals surface area contributed by atoms with Gasteiger partial charge in [0.05, 0.1) is 23.6 Å². The van der Waals surface area contributed by atoms with E-state index in [1.54, 1.807) is 11.0 Å². The van der Waals surface area contributed by atoms with Gasteiger partial charge in [0.15, 0.2) is 15.0 Å². The summed E-state index contributed by atoms with van der Waals surface area (Å²) in [7, 11) is -3.15. The molecule has 120 valence electrons. The van der Waals surface area contributed by atoms with Crippen LogP contribution in [-0.4, -0.2) is 42.3 Å². The summed E-state index contributed by atoms with van der Waals surface area (Å²) >= 11 is 1.22. The second-order valence-electron chi connectivity index (χ2n) is 5.27. The third kappa shape index (κ3) is 3.23. The number of carbonyl (C=O) groups is 1. The van der Waals surface area contributed by atoms with Crippen molar-refractivity contribution in [2.45, 2.75) is 17.7 Å². The van der Waals surface area contributed by atoms with Crippen LogP contribution in [-0.2, 0) is 14.6 Å². The molecule has 0 aliphatic carbocycles. The van der Waals surface area contributed by atoms with Crippen LogP contribution in [0.3, 0.4) is 0 Å².